The highest BCUT2D eigenvalue weighted by Gasteiger charge is 2.32. The van der Waals surface area contributed by atoms with Gasteiger partial charge in [-0.2, -0.15) is 4.31 Å². The average Bonchev–Trinajstić information content (AvgIpc) is 2.85. The number of rotatable bonds is 5. The summed E-state index contributed by atoms with van der Waals surface area (Å²) in [5.74, 6) is 0.552. The monoisotopic (exact) mass is 446 g/mol. The first-order chi connectivity index (χ1) is 15.6. The minimum absolute atomic E-state index is 0.414. The van der Waals surface area contributed by atoms with Gasteiger partial charge in [0.05, 0.1) is 4.90 Å². The molecule has 0 radical (unpaired) electrons. The van der Waals surface area contributed by atoms with E-state index in [0.29, 0.717) is 23.9 Å². The van der Waals surface area contributed by atoms with Gasteiger partial charge in [0, 0.05) is 38.3 Å². The van der Waals surface area contributed by atoms with Gasteiger partial charge in [-0.25, -0.2) is 8.42 Å². The third-order valence-electron chi connectivity index (χ3n) is 6.89. The largest absolute Gasteiger partial charge is 0.298 e. The summed E-state index contributed by atoms with van der Waals surface area (Å²) in [6.45, 7) is 4.36. The van der Waals surface area contributed by atoms with Crippen LogP contribution in [-0.2, 0) is 23.0 Å². The van der Waals surface area contributed by atoms with E-state index in [1.54, 1.807) is 10.4 Å². The van der Waals surface area contributed by atoms with Crippen LogP contribution in [0.3, 0.4) is 0 Å². The molecule has 3 aromatic carbocycles. The van der Waals surface area contributed by atoms with Crippen molar-refractivity contribution >= 4 is 10.0 Å². The lowest BCUT2D eigenvalue weighted by Gasteiger charge is -2.36. The standard InChI is InChI=1S/C27H30N2O2S/c30-32(31,27-13-7-6-12-26(27)24-9-2-1-3-10-24)29-18-14-22(15-19-29)20-28-17-16-23-8-4-5-11-25(23)21-28/h1-13,22H,14-21H2. The lowest BCUT2D eigenvalue weighted by atomic mass is 9.94. The van der Waals surface area contributed by atoms with E-state index >= 15 is 0 Å². The van der Waals surface area contributed by atoms with Crippen LogP contribution in [0.4, 0.5) is 0 Å². The molecule has 0 aromatic heterocycles. The summed E-state index contributed by atoms with van der Waals surface area (Å²) < 4.78 is 28.8. The van der Waals surface area contributed by atoms with Crippen molar-refractivity contribution in [1.82, 2.24) is 9.21 Å². The molecule has 5 heteroatoms. The zero-order valence-electron chi connectivity index (χ0n) is 18.4. The van der Waals surface area contributed by atoms with E-state index in [4.69, 9.17) is 0 Å². The fraction of sp³-hybridized carbons (Fsp3) is 0.333. The summed E-state index contributed by atoms with van der Waals surface area (Å²) >= 11 is 0. The number of benzene rings is 3. The van der Waals surface area contributed by atoms with Crippen molar-refractivity contribution in [3.63, 3.8) is 0 Å². The van der Waals surface area contributed by atoms with Gasteiger partial charge in [-0.1, -0.05) is 72.8 Å². The Labute approximate surface area is 191 Å². The molecule has 1 fully saturated rings. The fourth-order valence-electron chi connectivity index (χ4n) is 5.09. The third kappa shape index (κ3) is 4.38. The van der Waals surface area contributed by atoms with Crippen LogP contribution >= 0.6 is 0 Å². The molecule has 4 nitrogen and oxygen atoms in total. The Hall–Kier alpha value is -2.47. The van der Waals surface area contributed by atoms with E-state index in [-0.39, 0.29) is 0 Å². The summed E-state index contributed by atoms with van der Waals surface area (Å²) in [5.41, 5.74) is 4.63. The summed E-state index contributed by atoms with van der Waals surface area (Å²) in [6, 6.07) is 25.9. The van der Waals surface area contributed by atoms with Crippen molar-refractivity contribution in [3.05, 3.63) is 90.0 Å². The zero-order chi connectivity index (χ0) is 22.0. The summed E-state index contributed by atoms with van der Waals surface area (Å²) in [5, 5.41) is 0. The highest BCUT2D eigenvalue weighted by molar-refractivity contribution is 7.89. The second-order valence-electron chi connectivity index (χ2n) is 8.96. The van der Waals surface area contributed by atoms with Gasteiger partial charge < -0.3 is 0 Å². The van der Waals surface area contributed by atoms with E-state index in [1.807, 2.05) is 48.5 Å². The second kappa shape index (κ2) is 9.18. The molecule has 2 aliphatic rings. The van der Waals surface area contributed by atoms with Gasteiger partial charge in [0.25, 0.3) is 0 Å². The molecule has 0 bridgehead atoms. The Kier molecular flexibility index (Phi) is 6.13. The summed E-state index contributed by atoms with van der Waals surface area (Å²) in [6.07, 6.45) is 2.95. The van der Waals surface area contributed by atoms with Crippen molar-refractivity contribution in [2.24, 2.45) is 5.92 Å². The van der Waals surface area contributed by atoms with Crippen LogP contribution in [0.5, 0.6) is 0 Å². The molecule has 2 heterocycles. The number of nitrogens with zero attached hydrogens (tertiary/aromatic N) is 2. The van der Waals surface area contributed by atoms with Gasteiger partial charge in [0.2, 0.25) is 10.0 Å². The lowest BCUT2D eigenvalue weighted by molar-refractivity contribution is 0.171. The number of piperidine rings is 1. The SMILES string of the molecule is O=S(=O)(c1ccccc1-c1ccccc1)N1CCC(CN2CCc3ccccc3C2)CC1. The summed E-state index contributed by atoms with van der Waals surface area (Å²) in [4.78, 5) is 2.96. The van der Waals surface area contributed by atoms with Gasteiger partial charge in [0.15, 0.2) is 0 Å². The Balaban J connectivity index is 1.25. The zero-order valence-corrected chi connectivity index (χ0v) is 19.2. The van der Waals surface area contributed by atoms with Gasteiger partial charge in [-0.15, -0.1) is 0 Å². The minimum atomic E-state index is -3.52. The molecule has 0 saturated carbocycles. The highest BCUT2D eigenvalue weighted by atomic mass is 32.2. The first-order valence-corrected chi connectivity index (χ1v) is 13.0. The maximum Gasteiger partial charge on any atom is 0.243 e. The molecule has 0 spiro atoms. The molecule has 0 aliphatic carbocycles. The van der Waals surface area contributed by atoms with Crippen LogP contribution in [0.1, 0.15) is 24.0 Å². The molecule has 3 aromatic rings. The highest BCUT2D eigenvalue weighted by Crippen LogP contribution is 2.32. The Morgan fingerprint density at radius 3 is 2.19 bits per heavy atom. The lowest BCUT2D eigenvalue weighted by Crippen LogP contribution is -2.42. The van der Waals surface area contributed by atoms with Crippen LogP contribution < -0.4 is 0 Å². The molecule has 2 aliphatic heterocycles. The predicted molar refractivity (Wildman–Crippen MR) is 129 cm³/mol. The van der Waals surface area contributed by atoms with E-state index in [2.05, 4.69) is 29.2 Å². The van der Waals surface area contributed by atoms with E-state index < -0.39 is 10.0 Å². The topological polar surface area (TPSA) is 40.6 Å². The number of hydrogen-bond donors (Lipinski definition) is 0. The van der Waals surface area contributed by atoms with Crippen LogP contribution in [0, 0.1) is 5.92 Å². The second-order valence-corrected chi connectivity index (χ2v) is 10.9. The minimum Gasteiger partial charge on any atom is -0.298 e. The fourth-order valence-corrected chi connectivity index (χ4v) is 6.78. The smallest absolute Gasteiger partial charge is 0.243 e. The molecule has 0 atom stereocenters. The van der Waals surface area contributed by atoms with Crippen molar-refractivity contribution in [1.29, 1.82) is 0 Å². The van der Waals surface area contributed by atoms with Crippen molar-refractivity contribution < 1.29 is 8.42 Å². The molecular formula is C27H30N2O2S. The molecule has 0 unspecified atom stereocenters. The first kappa shape index (κ1) is 21.4. The Bertz CT molecular complexity index is 1170. The van der Waals surface area contributed by atoms with Gasteiger partial charge in [0.1, 0.15) is 0 Å². The van der Waals surface area contributed by atoms with Crippen molar-refractivity contribution in [2.75, 3.05) is 26.2 Å². The predicted octanol–water partition coefficient (Wildman–Crippen LogP) is 4.81. The maximum atomic E-state index is 13.5. The van der Waals surface area contributed by atoms with Crippen LogP contribution in [0.25, 0.3) is 11.1 Å². The third-order valence-corrected chi connectivity index (χ3v) is 8.85. The van der Waals surface area contributed by atoms with E-state index in [0.717, 1.165) is 50.0 Å². The van der Waals surface area contributed by atoms with Crippen molar-refractivity contribution in [3.8, 4) is 11.1 Å². The van der Waals surface area contributed by atoms with Gasteiger partial charge in [-0.05, 0) is 47.9 Å². The van der Waals surface area contributed by atoms with Crippen molar-refractivity contribution in [2.45, 2.75) is 30.7 Å². The average molecular weight is 447 g/mol. The molecular weight excluding hydrogens is 416 g/mol. The quantitative estimate of drug-likeness (QED) is 0.565. The molecule has 5 rings (SSSR count). The number of fused-ring (bicyclic) bond motifs is 1. The van der Waals surface area contributed by atoms with E-state index in [1.165, 1.54) is 11.1 Å². The summed E-state index contributed by atoms with van der Waals surface area (Å²) in [7, 11) is -3.52. The molecule has 32 heavy (non-hydrogen) atoms. The van der Waals surface area contributed by atoms with Crippen LogP contribution in [-0.4, -0.2) is 43.8 Å². The van der Waals surface area contributed by atoms with E-state index in [9.17, 15) is 8.42 Å². The normalized spacial score (nSPS) is 18.4. The van der Waals surface area contributed by atoms with Crippen LogP contribution in [0.2, 0.25) is 0 Å². The number of hydrogen-bond acceptors (Lipinski definition) is 3. The maximum absolute atomic E-state index is 13.5. The Morgan fingerprint density at radius 1 is 0.750 bits per heavy atom. The van der Waals surface area contributed by atoms with Crippen LogP contribution in [0.15, 0.2) is 83.8 Å². The number of sulfonamides is 1. The van der Waals surface area contributed by atoms with Gasteiger partial charge >= 0.3 is 0 Å². The molecule has 166 valence electrons. The first-order valence-electron chi connectivity index (χ1n) is 11.5. The molecule has 0 amide bonds. The van der Waals surface area contributed by atoms with Gasteiger partial charge in [-0.3, -0.25) is 4.90 Å². The molecule has 1 saturated heterocycles. The molecule has 0 N–H and O–H groups in total. The Morgan fingerprint density at radius 2 is 1.41 bits per heavy atom.